The van der Waals surface area contributed by atoms with Gasteiger partial charge in [0.2, 0.25) is 0 Å². The van der Waals surface area contributed by atoms with Gasteiger partial charge < -0.3 is 5.11 Å². The third kappa shape index (κ3) is 2.70. The highest BCUT2D eigenvalue weighted by atomic mass is 19.4. The monoisotopic (exact) mass is 272 g/mol. The van der Waals surface area contributed by atoms with Crippen molar-refractivity contribution < 1.29 is 22.7 Å². The molecule has 7 heteroatoms. The van der Waals surface area contributed by atoms with Gasteiger partial charge in [0.1, 0.15) is 18.2 Å². The molecule has 0 saturated heterocycles. The molecule has 1 aromatic carbocycles. The quantitative estimate of drug-likeness (QED) is 0.855. The molecule has 0 fully saturated rings. The van der Waals surface area contributed by atoms with E-state index in [1.54, 1.807) is 0 Å². The maximum Gasteiger partial charge on any atom is 0.419 e. The number of halogens is 4. The van der Waals surface area contributed by atoms with Gasteiger partial charge in [0.25, 0.3) is 0 Å². The summed E-state index contributed by atoms with van der Waals surface area (Å²) in [6, 6.07) is 2.74. The van der Waals surface area contributed by atoms with Gasteiger partial charge in [0, 0.05) is 23.5 Å². The van der Waals surface area contributed by atoms with Crippen molar-refractivity contribution in [2.24, 2.45) is 0 Å². The summed E-state index contributed by atoms with van der Waals surface area (Å²) in [5.74, 6) is -1.49. The van der Waals surface area contributed by atoms with Crippen molar-refractivity contribution in [1.82, 2.24) is 9.97 Å². The lowest BCUT2D eigenvalue weighted by atomic mass is 10.0. The average molecular weight is 272 g/mol. The van der Waals surface area contributed by atoms with Crippen LogP contribution in [0.25, 0.3) is 0 Å². The Morgan fingerprint density at radius 1 is 1.11 bits per heavy atom. The number of hydrogen-bond donors (Lipinski definition) is 1. The van der Waals surface area contributed by atoms with E-state index < -0.39 is 29.2 Å². The summed E-state index contributed by atoms with van der Waals surface area (Å²) in [4.78, 5) is 7.23. The second kappa shape index (κ2) is 4.93. The van der Waals surface area contributed by atoms with Crippen LogP contribution in [0.2, 0.25) is 0 Å². The lowest BCUT2D eigenvalue weighted by Gasteiger charge is -2.15. The van der Waals surface area contributed by atoms with E-state index in [9.17, 15) is 22.7 Å². The van der Waals surface area contributed by atoms with E-state index in [-0.39, 0.29) is 5.56 Å². The van der Waals surface area contributed by atoms with Crippen LogP contribution in [0.1, 0.15) is 22.8 Å². The summed E-state index contributed by atoms with van der Waals surface area (Å²) in [5, 5.41) is 9.88. The summed E-state index contributed by atoms with van der Waals surface area (Å²) in [5.41, 5.74) is -1.77. The molecular formula is C12H8F4N2O. The maximum atomic E-state index is 13.8. The van der Waals surface area contributed by atoms with E-state index in [0.717, 1.165) is 12.1 Å². The zero-order valence-corrected chi connectivity index (χ0v) is 9.39. The number of nitrogens with zero attached hydrogens (tertiary/aromatic N) is 2. The fourth-order valence-corrected chi connectivity index (χ4v) is 1.61. The zero-order valence-electron chi connectivity index (χ0n) is 9.39. The van der Waals surface area contributed by atoms with Crippen LogP contribution in [-0.2, 0) is 6.18 Å². The number of rotatable bonds is 2. The molecule has 19 heavy (non-hydrogen) atoms. The molecule has 1 heterocycles. The normalized spacial score (nSPS) is 13.3. The first-order valence-electron chi connectivity index (χ1n) is 5.20. The Bertz CT molecular complexity index is 572. The summed E-state index contributed by atoms with van der Waals surface area (Å²) < 4.78 is 51.4. The second-order valence-corrected chi connectivity index (χ2v) is 3.78. The van der Waals surface area contributed by atoms with E-state index in [2.05, 4.69) is 9.97 Å². The van der Waals surface area contributed by atoms with Crippen LogP contribution in [0.4, 0.5) is 17.6 Å². The molecule has 2 aromatic rings. The van der Waals surface area contributed by atoms with Crippen LogP contribution in [-0.4, -0.2) is 15.1 Å². The Balaban J connectivity index is 2.47. The third-order valence-corrected chi connectivity index (χ3v) is 2.52. The molecular weight excluding hydrogens is 264 g/mol. The van der Waals surface area contributed by atoms with Crippen molar-refractivity contribution in [3.8, 4) is 0 Å². The zero-order chi connectivity index (χ0) is 14.0. The van der Waals surface area contributed by atoms with Crippen LogP contribution in [0.3, 0.4) is 0 Å². The molecule has 0 saturated carbocycles. The van der Waals surface area contributed by atoms with Crippen LogP contribution in [0.15, 0.2) is 36.9 Å². The molecule has 1 aromatic heterocycles. The molecule has 1 unspecified atom stereocenters. The minimum Gasteiger partial charge on any atom is -0.383 e. The fraction of sp³-hybridized carbons (Fsp3) is 0.167. The smallest absolute Gasteiger partial charge is 0.383 e. The predicted octanol–water partition coefficient (Wildman–Crippen LogP) is 2.72. The Kier molecular flexibility index (Phi) is 3.48. The molecule has 1 atom stereocenters. The van der Waals surface area contributed by atoms with Gasteiger partial charge in [-0.15, -0.1) is 0 Å². The summed E-state index contributed by atoms with van der Waals surface area (Å²) in [6.45, 7) is 0. The van der Waals surface area contributed by atoms with Crippen molar-refractivity contribution in [2.75, 3.05) is 0 Å². The second-order valence-electron chi connectivity index (χ2n) is 3.78. The molecule has 0 bridgehead atoms. The lowest BCUT2D eigenvalue weighted by molar-refractivity contribution is -0.140. The van der Waals surface area contributed by atoms with Crippen molar-refractivity contribution in [3.05, 3.63) is 59.4 Å². The van der Waals surface area contributed by atoms with E-state index in [0.29, 0.717) is 6.07 Å². The predicted molar refractivity (Wildman–Crippen MR) is 57.5 cm³/mol. The van der Waals surface area contributed by atoms with Gasteiger partial charge >= 0.3 is 6.18 Å². The van der Waals surface area contributed by atoms with Crippen LogP contribution < -0.4 is 0 Å². The lowest BCUT2D eigenvalue weighted by Crippen LogP contribution is -2.12. The third-order valence-electron chi connectivity index (χ3n) is 2.52. The van der Waals surface area contributed by atoms with E-state index >= 15 is 0 Å². The molecule has 100 valence electrons. The number of benzene rings is 1. The SMILES string of the molecule is OC(c1cncnc1)c1cccc(C(F)(F)F)c1F. The van der Waals surface area contributed by atoms with Gasteiger partial charge in [0.15, 0.2) is 0 Å². The van der Waals surface area contributed by atoms with Gasteiger partial charge in [-0.1, -0.05) is 12.1 Å². The molecule has 3 nitrogen and oxygen atoms in total. The van der Waals surface area contributed by atoms with Gasteiger partial charge in [0.05, 0.1) is 5.56 Å². The van der Waals surface area contributed by atoms with Crippen molar-refractivity contribution in [1.29, 1.82) is 0 Å². The van der Waals surface area contributed by atoms with Crippen LogP contribution in [0.5, 0.6) is 0 Å². The molecule has 2 rings (SSSR count). The molecule has 0 aliphatic heterocycles. The number of aromatic nitrogens is 2. The van der Waals surface area contributed by atoms with Gasteiger partial charge in [-0.25, -0.2) is 14.4 Å². The first-order chi connectivity index (χ1) is 8.91. The van der Waals surface area contributed by atoms with Crippen LogP contribution >= 0.6 is 0 Å². The minimum absolute atomic E-state index is 0.112. The van der Waals surface area contributed by atoms with Crippen molar-refractivity contribution >= 4 is 0 Å². The molecule has 0 aliphatic rings. The van der Waals surface area contributed by atoms with Gasteiger partial charge in [-0.3, -0.25) is 0 Å². The summed E-state index contributed by atoms with van der Waals surface area (Å²) >= 11 is 0. The summed E-state index contributed by atoms with van der Waals surface area (Å²) in [6.07, 6.45) is -2.76. The molecule has 1 N–H and O–H groups in total. The Morgan fingerprint density at radius 3 is 2.32 bits per heavy atom. The van der Waals surface area contributed by atoms with E-state index in [1.807, 2.05) is 0 Å². The Morgan fingerprint density at radius 2 is 1.74 bits per heavy atom. The van der Waals surface area contributed by atoms with Gasteiger partial charge in [-0.05, 0) is 6.07 Å². The highest BCUT2D eigenvalue weighted by molar-refractivity contribution is 5.33. The number of aliphatic hydroxyl groups is 1. The molecule has 0 radical (unpaired) electrons. The topological polar surface area (TPSA) is 46.0 Å². The highest BCUT2D eigenvalue weighted by Gasteiger charge is 2.35. The first-order valence-corrected chi connectivity index (χ1v) is 5.20. The number of hydrogen-bond acceptors (Lipinski definition) is 3. The Hall–Kier alpha value is -2.02. The minimum atomic E-state index is -4.81. The van der Waals surface area contributed by atoms with Crippen molar-refractivity contribution in [3.63, 3.8) is 0 Å². The van der Waals surface area contributed by atoms with Crippen molar-refractivity contribution in [2.45, 2.75) is 12.3 Å². The average Bonchev–Trinajstić information content (AvgIpc) is 2.38. The number of alkyl halides is 3. The first kappa shape index (κ1) is 13.4. The van der Waals surface area contributed by atoms with Crippen LogP contribution in [0, 0.1) is 5.82 Å². The van der Waals surface area contributed by atoms with E-state index in [1.165, 1.54) is 18.7 Å². The number of aliphatic hydroxyl groups excluding tert-OH is 1. The molecule has 0 spiro atoms. The molecule has 0 amide bonds. The Labute approximate surface area is 105 Å². The van der Waals surface area contributed by atoms with Gasteiger partial charge in [-0.2, -0.15) is 13.2 Å². The standard InChI is InChI=1S/C12H8F4N2O/c13-10-8(2-1-3-9(10)12(14,15)16)11(19)7-4-17-6-18-5-7/h1-6,11,19H. The maximum absolute atomic E-state index is 13.8. The largest absolute Gasteiger partial charge is 0.419 e. The summed E-state index contributed by atoms with van der Waals surface area (Å²) in [7, 11) is 0. The highest BCUT2D eigenvalue weighted by Crippen LogP contribution is 2.34. The molecule has 0 aliphatic carbocycles. The van der Waals surface area contributed by atoms with E-state index in [4.69, 9.17) is 0 Å². The fourth-order valence-electron chi connectivity index (χ4n) is 1.61.